The normalized spacial score (nSPS) is 12.9. The fourth-order valence-corrected chi connectivity index (χ4v) is 8.52. The zero-order chi connectivity index (χ0) is 37.5. The molecule has 0 spiro atoms. The van der Waals surface area contributed by atoms with Crippen molar-refractivity contribution in [3.8, 4) is 0 Å². The van der Waals surface area contributed by atoms with Crippen LogP contribution in [0.2, 0.25) is 0 Å². The second-order valence-electron chi connectivity index (χ2n) is 17.9. The quantitative estimate of drug-likeness (QED) is 0.0462. The van der Waals surface area contributed by atoms with Gasteiger partial charge in [-0.1, -0.05) is 207 Å². The van der Waals surface area contributed by atoms with Gasteiger partial charge in [-0.25, -0.2) is 0 Å². The summed E-state index contributed by atoms with van der Waals surface area (Å²) in [5, 5.41) is 0. The first kappa shape index (κ1) is 49.5. The van der Waals surface area contributed by atoms with Crippen LogP contribution in [-0.2, 0) is 0 Å². The van der Waals surface area contributed by atoms with Crippen LogP contribution in [0.15, 0.2) is 35.8 Å². The Morgan fingerprint density at radius 3 is 1.52 bits per heavy atom. The fourth-order valence-electron chi connectivity index (χ4n) is 7.43. The minimum atomic E-state index is 0.249. The Morgan fingerprint density at radius 1 is 0.540 bits per heavy atom. The lowest BCUT2D eigenvalue weighted by Gasteiger charge is -2.28. The molecule has 0 bridgehead atoms. The Hall–Kier alpha value is -0.470. The number of hydrogen-bond donors (Lipinski definition) is 0. The van der Waals surface area contributed by atoms with E-state index in [1.165, 1.54) is 215 Å². The molecule has 0 aromatic carbocycles. The number of hydrogen-bond acceptors (Lipinski definition) is 2. The average molecular weight is 716 g/mol. The summed E-state index contributed by atoms with van der Waals surface area (Å²) in [5.41, 5.74) is 3.52. The highest BCUT2D eigenvalue weighted by molar-refractivity contribution is 8.03. The van der Waals surface area contributed by atoms with Gasteiger partial charge in [0.1, 0.15) is 0 Å². The van der Waals surface area contributed by atoms with E-state index in [2.05, 4.69) is 80.3 Å². The van der Waals surface area contributed by atoms with E-state index in [0.29, 0.717) is 0 Å². The molecule has 2 heteroatoms. The van der Waals surface area contributed by atoms with Crippen molar-refractivity contribution in [2.24, 2.45) is 16.7 Å². The van der Waals surface area contributed by atoms with Gasteiger partial charge < -0.3 is 4.90 Å². The zero-order valence-corrected chi connectivity index (χ0v) is 36.8. The molecule has 0 radical (unpaired) electrons. The van der Waals surface area contributed by atoms with Crippen LogP contribution in [0.3, 0.4) is 0 Å². The maximum atomic E-state index is 4.56. The van der Waals surface area contributed by atoms with Gasteiger partial charge in [-0.15, -0.1) is 11.8 Å². The van der Waals surface area contributed by atoms with Crippen molar-refractivity contribution in [2.75, 3.05) is 26.4 Å². The lowest BCUT2D eigenvalue weighted by Crippen LogP contribution is -2.14. The largest absolute Gasteiger partial charge is 0.309 e. The molecule has 1 nitrogen and oxygen atoms in total. The second-order valence-corrected chi connectivity index (χ2v) is 19.1. The third-order valence-corrected chi connectivity index (χ3v) is 13.0. The maximum Gasteiger partial charge on any atom is -0.00218 e. The van der Waals surface area contributed by atoms with E-state index in [0.717, 1.165) is 5.92 Å². The Kier molecular flexibility index (Phi) is 31.7. The van der Waals surface area contributed by atoms with E-state index in [1.54, 1.807) is 0 Å². The van der Waals surface area contributed by atoms with E-state index in [-0.39, 0.29) is 10.8 Å². The molecule has 0 aliphatic rings. The summed E-state index contributed by atoms with van der Waals surface area (Å²) in [5.74, 6) is 2.06. The summed E-state index contributed by atoms with van der Waals surface area (Å²) >= 11 is 2.05. The van der Waals surface area contributed by atoms with Gasteiger partial charge in [0.2, 0.25) is 0 Å². The number of thioether (sulfide) groups is 1. The Balaban J connectivity index is 4.51. The zero-order valence-electron chi connectivity index (χ0n) is 36.0. The van der Waals surface area contributed by atoms with Crippen molar-refractivity contribution >= 4 is 11.8 Å². The van der Waals surface area contributed by atoms with Gasteiger partial charge in [-0.05, 0) is 99.4 Å². The first-order valence-electron chi connectivity index (χ1n) is 22.2. The van der Waals surface area contributed by atoms with Gasteiger partial charge in [0.15, 0.2) is 0 Å². The van der Waals surface area contributed by atoms with E-state index in [1.807, 2.05) is 11.8 Å². The standard InChI is InChI=1S/C48H93NS/c1-12-14-16-18-20-21-23-27-35-44(4)47(6,7)38-30-25-28-36-46(42-43(3)34-33-40-49(10)11)37-29-26-31-39-48(8,9)45(5)50-41-32-24-22-19-17-15-13-2/h46H,3-5,12-42H2,1-2,6-11H3. The highest BCUT2D eigenvalue weighted by Gasteiger charge is 2.22. The molecule has 0 N–H and O–H groups in total. The van der Waals surface area contributed by atoms with Crippen LogP contribution in [-0.4, -0.2) is 31.3 Å². The van der Waals surface area contributed by atoms with Gasteiger partial charge in [0, 0.05) is 0 Å². The van der Waals surface area contributed by atoms with Crippen LogP contribution in [0.25, 0.3) is 0 Å². The summed E-state index contributed by atoms with van der Waals surface area (Å²) < 4.78 is 0. The number of nitrogens with zero attached hydrogens (tertiary/aromatic N) is 1. The predicted molar refractivity (Wildman–Crippen MR) is 235 cm³/mol. The SMILES string of the molecule is C=C(CCCN(C)C)CC(CCCCCC(C)(C)C(=C)CCCCCCCCCC)CCCCCC(C)(C)C(=C)SCCCCCCCCC. The first-order valence-corrected chi connectivity index (χ1v) is 23.2. The van der Waals surface area contributed by atoms with Gasteiger partial charge in [-0.2, -0.15) is 0 Å². The molecular formula is C48H93NS. The van der Waals surface area contributed by atoms with Crippen LogP contribution >= 0.6 is 11.8 Å². The molecule has 50 heavy (non-hydrogen) atoms. The van der Waals surface area contributed by atoms with Crippen LogP contribution in [0, 0.1) is 16.7 Å². The van der Waals surface area contributed by atoms with E-state index in [9.17, 15) is 0 Å². The fraction of sp³-hybridized carbons (Fsp3) is 0.875. The number of allylic oxidation sites excluding steroid dienone is 3. The van der Waals surface area contributed by atoms with Crippen LogP contribution in [0.4, 0.5) is 0 Å². The van der Waals surface area contributed by atoms with Crippen LogP contribution < -0.4 is 0 Å². The Labute approximate surface area is 322 Å². The summed E-state index contributed by atoms with van der Waals surface area (Å²) in [7, 11) is 4.37. The second kappa shape index (κ2) is 32.0. The van der Waals surface area contributed by atoms with E-state index >= 15 is 0 Å². The molecule has 0 aliphatic carbocycles. The molecule has 0 saturated carbocycles. The smallest absolute Gasteiger partial charge is 0.00218 e. The van der Waals surface area contributed by atoms with Crippen LogP contribution in [0.1, 0.15) is 228 Å². The topological polar surface area (TPSA) is 3.24 Å². The lowest BCUT2D eigenvalue weighted by atomic mass is 9.78. The van der Waals surface area contributed by atoms with Gasteiger partial charge in [0.05, 0.1) is 0 Å². The summed E-state index contributed by atoms with van der Waals surface area (Å²) in [6.07, 6.45) is 39.3. The highest BCUT2D eigenvalue weighted by Crippen LogP contribution is 2.39. The molecule has 0 aliphatic heterocycles. The maximum absolute atomic E-state index is 4.56. The minimum Gasteiger partial charge on any atom is -0.309 e. The molecular weight excluding hydrogens is 623 g/mol. The molecule has 1 unspecified atom stereocenters. The van der Waals surface area contributed by atoms with Crippen molar-refractivity contribution in [1.29, 1.82) is 0 Å². The monoisotopic (exact) mass is 716 g/mol. The van der Waals surface area contributed by atoms with Crippen molar-refractivity contribution < 1.29 is 0 Å². The highest BCUT2D eigenvalue weighted by atomic mass is 32.2. The number of unbranched alkanes of at least 4 members (excludes halogenated alkanes) is 17. The van der Waals surface area contributed by atoms with Gasteiger partial charge in [-0.3, -0.25) is 0 Å². The molecule has 0 heterocycles. The molecule has 0 saturated heterocycles. The molecule has 0 fully saturated rings. The predicted octanol–water partition coefficient (Wildman–Crippen LogP) is 16.9. The van der Waals surface area contributed by atoms with E-state index in [4.69, 9.17) is 0 Å². The summed E-state index contributed by atoms with van der Waals surface area (Å²) in [6.45, 7) is 29.2. The Bertz CT molecular complexity index is 766. The molecule has 0 rings (SSSR count). The molecule has 0 amide bonds. The molecule has 1 atom stereocenters. The summed E-state index contributed by atoms with van der Waals surface area (Å²) in [4.78, 5) is 3.72. The molecule has 0 aromatic heterocycles. The minimum absolute atomic E-state index is 0.249. The van der Waals surface area contributed by atoms with Gasteiger partial charge in [0.25, 0.3) is 0 Å². The Morgan fingerprint density at radius 2 is 1.00 bits per heavy atom. The molecule has 0 aromatic rings. The van der Waals surface area contributed by atoms with Gasteiger partial charge >= 0.3 is 0 Å². The third kappa shape index (κ3) is 29.0. The third-order valence-electron chi connectivity index (χ3n) is 11.6. The van der Waals surface area contributed by atoms with Crippen molar-refractivity contribution in [3.63, 3.8) is 0 Å². The van der Waals surface area contributed by atoms with Crippen molar-refractivity contribution in [2.45, 2.75) is 228 Å². The average Bonchev–Trinajstić information content (AvgIpc) is 3.06. The summed E-state index contributed by atoms with van der Waals surface area (Å²) in [6, 6.07) is 0. The van der Waals surface area contributed by atoms with Crippen molar-refractivity contribution in [1.82, 2.24) is 4.90 Å². The lowest BCUT2D eigenvalue weighted by molar-refractivity contribution is 0.351. The number of rotatable bonds is 38. The van der Waals surface area contributed by atoms with E-state index < -0.39 is 0 Å². The molecule has 296 valence electrons. The first-order chi connectivity index (χ1) is 23.9. The van der Waals surface area contributed by atoms with Crippen LogP contribution in [0.5, 0.6) is 0 Å². The van der Waals surface area contributed by atoms with Crippen molar-refractivity contribution in [3.05, 3.63) is 35.8 Å².